The number of aromatic amines is 1. The van der Waals surface area contributed by atoms with Crippen molar-refractivity contribution in [3.63, 3.8) is 0 Å². The van der Waals surface area contributed by atoms with Crippen molar-refractivity contribution in [3.05, 3.63) is 17.0 Å². The van der Waals surface area contributed by atoms with Crippen LogP contribution >= 0.6 is 0 Å². The second kappa shape index (κ2) is 4.77. The molecule has 1 heterocycles. The molecule has 0 fully saturated rings. The van der Waals surface area contributed by atoms with E-state index in [-0.39, 0.29) is 18.2 Å². The minimum absolute atomic E-state index is 0.0127. The van der Waals surface area contributed by atoms with Gasteiger partial charge in [0.1, 0.15) is 5.56 Å². The summed E-state index contributed by atoms with van der Waals surface area (Å²) in [6, 6.07) is 0. The second-order valence-electron chi connectivity index (χ2n) is 3.73. The number of H-pyrrole nitrogens is 1. The van der Waals surface area contributed by atoms with Gasteiger partial charge < -0.3 is 4.74 Å². The van der Waals surface area contributed by atoms with Crippen LogP contribution in [0.15, 0.2) is 0 Å². The molecule has 4 nitrogen and oxygen atoms in total. The fourth-order valence-corrected chi connectivity index (χ4v) is 1.39. The van der Waals surface area contributed by atoms with Gasteiger partial charge in [0.2, 0.25) is 0 Å². The molecule has 0 aliphatic rings. The van der Waals surface area contributed by atoms with Crippen LogP contribution in [0.5, 0.6) is 0 Å². The van der Waals surface area contributed by atoms with Gasteiger partial charge in [-0.25, -0.2) is 4.79 Å². The van der Waals surface area contributed by atoms with Gasteiger partial charge in [-0.2, -0.15) is 18.3 Å². The number of aromatic nitrogens is 2. The molecule has 0 atom stereocenters. The maximum absolute atomic E-state index is 12.6. The summed E-state index contributed by atoms with van der Waals surface area (Å²) in [6.45, 7) is 4.87. The topological polar surface area (TPSA) is 55.0 Å². The van der Waals surface area contributed by atoms with Gasteiger partial charge in [-0.05, 0) is 12.8 Å². The lowest BCUT2D eigenvalue weighted by molar-refractivity contribution is -0.141. The highest BCUT2D eigenvalue weighted by molar-refractivity contribution is 5.92. The molecule has 0 aliphatic heterocycles. The zero-order chi connectivity index (χ0) is 13.2. The van der Waals surface area contributed by atoms with Crippen molar-refractivity contribution in [2.24, 2.45) is 0 Å². The molecule has 0 saturated carbocycles. The first-order valence-electron chi connectivity index (χ1n) is 5.11. The maximum Gasteiger partial charge on any atom is 0.436 e. The van der Waals surface area contributed by atoms with Crippen molar-refractivity contribution < 1.29 is 22.7 Å². The average molecular weight is 250 g/mol. The highest BCUT2D eigenvalue weighted by atomic mass is 19.4. The number of carbonyl (C=O) groups excluding carboxylic acids is 1. The van der Waals surface area contributed by atoms with Crippen molar-refractivity contribution in [2.75, 3.05) is 6.61 Å². The summed E-state index contributed by atoms with van der Waals surface area (Å²) in [5.41, 5.74) is -1.61. The Hall–Kier alpha value is -1.53. The molecule has 0 saturated heterocycles. The van der Waals surface area contributed by atoms with Gasteiger partial charge in [0.05, 0.1) is 12.3 Å². The standard InChI is InChI=1S/C10H13F3N2O2/c1-4-17-9(16)6-7(5(2)3)14-15-8(6)10(11,12)13/h5H,4H2,1-3H3,(H,14,15). The Bertz CT molecular complexity index is 410. The smallest absolute Gasteiger partial charge is 0.436 e. The van der Waals surface area contributed by atoms with Crippen molar-refractivity contribution in [3.8, 4) is 0 Å². The average Bonchev–Trinajstić information content (AvgIpc) is 2.60. The number of hydrogen-bond donors (Lipinski definition) is 1. The summed E-state index contributed by atoms with van der Waals surface area (Å²) in [4.78, 5) is 11.5. The fourth-order valence-electron chi connectivity index (χ4n) is 1.39. The zero-order valence-corrected chi connectivity index (χ0v) is 9.68. The lowest BCUT2D eigenvalue weighted by atomic mass is 10.0. The molecule has 96 valence electrons. The minimum atomic E-state index is -4.67. The first-order valence-corrected chi connectivity index (χ1v) is 5.11. The monoisotopic (exact) mass is 250 g/mol. The first kappa shape index (κ1) is 13.5. The third-order valence-electron chi connectivity index (χ3n) is 2.12. The number of esters is 1. The molecule has 7 heteroatoms. The summed E-state index contributed by atoms with van der Waals surface area (Å²) in [5, 5.41) is 5.41. The van der Waals surface area contributed by atoms with Crippen LogP contribution in [-0.4, -0.2) is 22.8 Å². The van der Waals surface area contributed by atoms with E-state index in [1.807, 2.05) is 0 Å². The predicted molar refractivity (Wildman–Crippen MR) is 53.6 cm³/mol. The van der Waals surface area contributed by atoms with Gasteiger partial charge in [-0.15, -0.1) is 0 Å². The molecule has 1 aromatic rings. The summed E-state index contributed by atoms with van der Waals surface area (Å²) >= 11 is 0. The highest BCUT2D eigenvalue weighted by Crippen LogP contribution is 2.33. The molecular formula is C10H13F3N2O2. The molecule has 0 radical (unpaired) electrons. The predicted octanol–water partition coefficient (Wildman–Crippen LogP) is 2.73. The Kier molecular flexibility index (Phi) is 3.79. The number of hydrogen-bond acceptors (Lipinski definition) is 3. The molecule has 1 N–H and O–H groups in total. The van der Waals surface area contributed by atoms with E-state index in [9.17, 15) is 18.0 Å². The van der Waals surface area contributed by atoms with E-state index in [0.717, 1.165) is 0 Å². The Morgan fingerprint density at radius 2 is 2.06 bits per heavy atom. The van der Waals surface area contributed by atoms with Crippen LogP contribution in [-0.2, 0) is 10.9 Å². The molecular weight excluding hydrogens is 237 g/mol. The molecule has 0 spiro atoms. The lowest BCUT2D eigenvalue weighted by Gasteiger charge is -2.09. The van der Waals surface area contributed by atoms with Crippen molar-refractivity contribution in [2.45, 2.75) is 32.9 Å². The molecule has 0 aromatic carbocycles. The number of carbonyl (C=O) groups is 1. The number of halogens is 3. The van der Waals surface area contributed by atoms with Crippen LogP contribution in [0, 0.1) is 0 Å². The minimum Gasteiger partial charge on any atom is -0.462 e. The second-order valence-corrected chi connectivity index (χ2v) is 3.73. The van der Waals surface area contributed by atoms with Crippen LogP contribution in [0.3, 0.4) is 0 Å². The van der Waals surface area contributed by atoms with Gasteiger partial charge >= 0.3 is 12.1 Å². The third-order valence-corrected chi connectivity index (χ3v) is 2.12. The number of nitrogens with zero attached hydrogens (tertiary/aromatic N) is 1. The van der Waals surface area contributed by atoms with Crippen LogP contribution in [0.2, 0.25) is 0 Å². The molecule has 17 heavy (non-hydrogen) atoms. The van der Waals surface area contributed by atoms with E-state index in [2.05, 4.69) is 14.9 Å². The molecule has 0 aliphatic carbocycles. The van der Waals surface area contributed by atoms with Crippen LogP contribution in [0.1, 0.15) is 48.4 Å². The molecule has 0 bridgehead atoms. The van der Waals surface area contributed by atoms with E-state index in [4.69, 9.17) is 0 Å². The van der Waals surface area contributed by atoms with E-state index < -0.39 is 23.4 Å². The van der Waals surface area contributed by atoms with Gasteiger partial charge in [0.15, 0.2) is 5.69 Å². The third kappa shape index (κ3) is 2.78. The molecule has 0 unspecified atom stereocenters. The normalized spacial score (nSPS) is 11.9. The molecule has 1 rings (SSSR count). The first-order chi connectivity index (χ1) is 7.79. The van der Waals surface area contributed by atoms with Gasteiger partial charge in [-0.1, -0.05) is 13.8 Å². The van der Waals surface area contributed by atoms with Crippen LogP contribution in [0.25, 0.3) is 0 Å². The maximum atomic E-state index is 12.6. The van der Waals surface area contributed by atoms with Crippen molar-refractivity contribution in [1.29, 1.82) is 0 Å². The van der Waals surface area contributed by atoms with Gasteiger partial charge in [0, 0.05) is 0 Å². The van der Waals surface area contributed by atoms with E-state index in [1.54, 1.807) is 13.8 Å². The Balaban J connectivity index is 3.30. The summed E-state index contributed by atoms with van der Waals surface area (Å²) in [7, 11) is 0. The van der Waals surface area contributed by atoms with Crippen molar-refractivity contribution >= 4 is 5.97 Å². The highest BCUT2D eigenvalue weighted by Gasteiger charge is 2.41. The molecule has 1 aromatic heterocycles. The number of alkyl halides is 3. The summed E-state index contributed by atoms with van der Waals surface area (Å²) in [6.07, 6.45) is -4.67. The molecule has 0 amide bonds. The number of nitrogens with one attached hydrogen (secondary N) is 1. The Labute approximate surface area is 96.2 Å². The Morgan fingerprint density at radius 1 is 1.47 bits per heavy atom. The van der Waals surface area contributed by atoms with Gasteiger partial charge in [0.25, 0.3) is 0 Å². The van der Waals surface area contributed by atoms with Crippen LogP contribution in [0.4, 0.5) is 13.2 Å². The Morgan fingerprint density at radius 3 is 2.47 bits per heavy atom. The van der Waals surface area contributed by atoms with Crippen molar-refractivity contribution in [1.82, 2.24) is 10.2 Å². The fraction of sp³-hybridized carbons (Fsp3) is 0.600. The van der Waals surface area contributed by atoms with E-state index in [0.29, 0.717) is 0 Å². The largest absolute Gasteiger partial charge is 0.462 e. The lowest BCUT2D eigenvalue weighted by Crippen LogP contribution is -2.15. The quantitative estimate of drug-likeness (QED) is 0.839. The van der Waals surface area contributed by atoms with Gasteiger partial charge in [-0.3, -0.25) is 5.10 Å². The van der Waals surface area contributed by atoms with E-state index in [1.165, 1.54) is 6.92 Å². The number of ether oxygens (including phenoxy) is 1. The SMILES string of the molecule is CCOC(=O)c1c(C(F)(F)F)n[nH]c1C(C)C. The number of rotatable bonds is 3. The zero-order valence-electron chi connectivity index (χ0n) is 9.68. The summed E-state index contributed by atoms with van der Waals surface area (Å²) in [5.74, 6) is -1.28. The van der Waals surface area contributed by atoms with Crippen LogP contribution < -0.4 is 0 Å². The summed E-state index contributed by atoms with van der Waals surface area (Å²) < 4.78 is 42.5. The van der Waals surface area contributed by atoms with E-state index >= 15 is 0 Å².